The fraction of sp³-hybridized carbons (Fsp3) is 0.400. The van der Waals surface area contributed by atoms with Crippen molar-refractivity contribution >= 4 is 6.29 Å². The Kier molecular flexibility index (Phi) is 7.72. The van der Waals surface area contributed by atoms with Gasteiger partial charge in [-0.2, -0.15) is 0 Å². The summed E-state index contributed by atoms with van der Waals surface area (Å²) in [6.45, 7) is 13.7. The first-order chi connectivity index (χ1) is 8.94. The highest BCUT2D eigenvalue weighted by atomic mass is 16.5. The van der Waals surface area contributed by atoms with Crippen molar-refractivity contribution in [3.63, 3.8) is 0 Å². The number of carbonyl (C=O) groups is 1. The molecule has 0 aromatic heterocycles. The van der Waals surface area contributed by atoms with Gasteiger partial charge in [-0.25, -0.2) is 0 Å². The molecule has 0 saturated carbocycles. The number of allylic oxidation sites excluding steroid dienone is 3. The van der Waals surface area contributed by atoms with Crippen LogP contribution < -0.4 is 0 Å². The van der Waals surface area contributed by atoms with Crippen LogP contribution in [0.15, 0.2) is 48.0 Å². The highest BCUT2D eigenvalue weighted by Crippen LogP contribution is 2.29. The van der Waals surface area contributed by atoms with Gasteiger partial charge < -0.3 is 14.7 Å². The van der Waals surface area contributed by atoms with Crippen molar-refractivity contribution < 1.29 is 14.6 Å². The molecular weight excluding hydrogens is 242 g/mol. The molecule has 0 aromatic carbocycles. The third-order valence-electron chi connectivity index (χ3n) is 2.70. The molecule has 19 heavy (non-hydrogen) atoms. The maximum atomic E-state index is 10.8. The van der Waals surface area contributed by atoms with E-state index >= 15 is 0 Å². The molecule has 0 amide bonds. The van der Waals surface area contributed by atoms with Crippen LogP contribution in [0.5, 0.6) is 0 Å². The zero-order valence-electron chi connectivity index (χ0n) is 12.1. The minimum atomic E-state index is -0.664. The number of hydrogen-bond acceptors (Lipinski definition) is 4. The van der Waals surface area contributed by atoms with Gasteiger partial charge in [0.1, 0.15) is 6.29 Å². The van der Waals surface area contributed by atoms with Crippen molar-refractivity contribution in [3.8, 4) is 0 Å². The Morgan fingerprint density at radius 3 is 2.42 bits per heavy atom. The van der Waals surface area contributed by atoms with Crippen molar-refractivity contribution in [2.75, 3.05) is 13.7 Å². The predicted octanol–water partition coefficient (Wildman–Crippen LogP) is 2.39. The first-order valence-corrected chi connectivity index (χ1v) is 6.10. The van der Waals surface area contributed by atoms with Crippen LogP contribution >= 0.6 is 0 Å². The summed E-state index contributed by atoms with van der Waals surface area (Å²) in [6.07, 6.45) is 3.36. The van der Waals surface area contributed by atoms with Gasteiger partial charge in [-0.1, -0.05) is 13.2 Å². The minimum absolute atomic E-state index is 0.550. The van der Waals surface area contributed by atoms with E-state index in [0.717, 1.165) is 18.5 Å². The number of rotatable bonds is 4. The molecule has 0 fully saturated rings. The van der Waals surface area contributed by atoms with Gasteiger partial charge in [-0.05, 0) is 32.4 Å². The van der Waals surface area contributed by atoms with Crippen molar-refractivity contribution in [3.05, 3.63) is 48.0 Å². The van der Waals surface area contributed by atoms with Gasteiger partial charge in [0.15, 0.2) is 0 Å². The Labute approximate surface area is 115 Å². The first-order valence-electron chi connectivity index (χ1n) is 6.10. The Morgan fingerprint density at radius 2 is 2.11 bits per heavy atom. The molecule has 0 spiro atoms. The molecule has 0 aliphatic carbocycles. The number of hydrogen-bond donors (Lipinski definition) is 1. The van der Waals surface area contributed by atoms with Crippen LogP contribution in [0, 0.1) is 0 Å². The third-order valence-corrected chi connectivity index (χ3v) is 2.70. The van der Waals surface area contributed by atoms with Gasteiger partial charge in [0, 0.05) is 31.2 Å². The summed E-state index contributed by atoms with van der Waals surface area (Å²) in [7, 11) is 1.68. The van der Waals surface area contributed by atoms with Crippen molar-refractivity contribution in [1.29, 1.82) is 0 Å². The molecule has 0 aromatic rings. The quantitative estimate of drug-likeness (QED) is 0.793. The summed E-state index contributed by atoms with van der Waals surface area (Å²) in [4.78, 5) is 12.5. The van der Waals surface area contributed by atoms with E-state index in [9.17, 15) is 9.90 Å². The molecule has 1 rings (SSSR count). The third kappa shape index (κ3) is 4.50. The molecule has 4 heteroatoms. The number of aliphatic hydroxyl groups is 1. The van der Waals surface area contributed by atoms with E-state index in [1.54, 1.807) is 38.1 Å². The molecule has 1 aliphatic rings. The van der Waals surface area contributed by atoms with Crippen molar-refractivity contribution in [1.82, 2.24) is 4.90 Å². The summed E-state index contributed by atoms with van der Waals surface area (Å²) in [5, 5.41) is 9.65. The molecule has 4 nitrogen and oxygen atoms in total. The zero-order valence-corrected chi connectivity index (χ0v) is 12.1. The lowest BCUT2D eigenvalue weighted by Crippen LogP contribution is -2.27. The topological polar surface area (TPSA) is 49.8 Å². The lowest BCUT2D eigenvalue weighted by Gasteiger charge is -2.31. The second-order valence-electron chi connectivity index (χ2n) is 4.03. The number of carbonyl (C=O) groups excluding carboxylic acids is 1. The van der Waals surface area contributed by atoms with Gasteiger partial charge >= 0.3 is 0 Å². The average Bonchev–Trinajstić information content (AvgIpc) is 2.40. The highest BCUT2D eigenvalue weighted by molar-refractivity contribution is 5.82. The minimum Gasteiger partial charge on any atom is -0.387 e. The molecule has 1 N–H and O–H groups in total. The molecular formula is C15H23NO3. The summed E-state index contributed by atoms with van der Waals surface area (Å²) in [5.74, 6) is 0. The van der Waals surface area contributed by atoms with E-state index in [4.69, 9.17) is 0 Å². The molecule has 0 radical (unpaired) electrons. The summed E-state index contributed by atoms with van der Waals surface area (Å²) in [6, 6.07) is 0. The van der Waals surface area contributed by atoms with Crippen LogP contribution in [-0.2, 0) is 9.53 Å². The number of nitrogens with zero attached hydrogens (tertiary/aromatic N) is 1. The highest BCUT2D eigenvalue weighted by Gasteiger charge is 2.22. The first kappa shape index (κ1) is 17.4. The van der Waals surface area contributed by atoms with Crippen LogP contribution in [0.2, 0.25) is 0 Å². The Bertz CT molecular complexity index is 404. The Balaban J connectivity index is 0.000000711. The Morgan fingerprint density at radius 1 is 1.58 bits per heavy atom. The number of ether oxygens (including phenoxy) is 1. The normalized spacial score (nSPS) is 16.4. The average molecular weight is 265 g/mol. The van der Waals surface area contributed by atoms with E-state index in [2.05, 4.69) is 17.9 Å². The summed E-state index contributed by atoms with van der Waals surface area (Å²) in [5.41, 5.74) is 2.59. The maximum absolute atomic E-state index is 10.8. The second kappa shape index (κ2) is 8.45. The van der Waals surface area contributed by atoms with E-state index in [-0.39, 0.29) is 0 Å². The summed E-state index contributed by atoms with van der Waals surface area (Å²) < 4.78 is 4.54. The van der Waals surface area contributed by atoms with Crippen LogP contribution in [0.4, 0.5) is 0 Å². The Hall–Kier alpha value is -1.65. The zero-order chi connectivity index (χ0) is 15.0. The maximum Gasteiger partial charge on any atom is 0.150 e. The summed E-state index contributed by atoms with van der Waals surface area (Å²) >= 11 is 0. The van der Waals surface area contributed by atoms with Gasteiger partial charge in [-0.3, -0.25) is 4.79 Å². The SMILES string of the molecule is C=CN1C(=C)C=C(C=O)C(C)=C1C(C)O.CCOC. The lowest BCUT2D eigenvalue weighted by atomic mass is 9.98. The van der Waals surface area contributed by atoms with Gasteiger partial charge in [-0.15, -0.1) is 0 Å². The molecule has 1 aliphatic heterocycles. The monoisotopic (exact) mass is 265 g/mol. The van der Waals surface area contributed by atoms with Crippen LogP contribution in [0.1, 0.15) is 20.8 Å². The predicted molar refractivity (Wildman–Crippen MR) is 77.3 cm³/mol. The van der Waals surface area contributed by atoms with Gasteiger partial charge in [0.25, 0.3) is 0 Å². The molecule has 1 atom stereocenters. The van der Waals surface area contributed by atoms with Crippen LogP contribution in [-0.4, -0.2) is 36.1 Å². The van der Waals surface area contributed by atoms with E-state index in [1.165, 1.54) is 0 Å². The molecule has 0 bridgehead atoms. The van der Waals surface area contributed by atoms with Crippen LogP contribution in [0.25, 0.3) is 0 Å². The largest absolute Gasteiger partial charge is 0.387 e. The van der Waals surface area contributed by atoms with E-state index < -0.39 is 6.10 Å². The van der Waals surface area contributed by atoms with E-state index in [0.29, 0.717) is 17.0 Å². The molecule has 1 unspecified atom stereocenters. The smallest absolute Gasteiger partial charge is 0.150 e. The fourth-order valence-corrected chi connectivity index (χ4v) is 1.69. The van der Waals surface area contributed by atoms with Crippen molar-refractivity contribution in [2.24, 2.45) is 0 Å². The van der Waals surface area contributed by atoms with Gasteiger partial charge in [0.05, 0.1) is 11.8 Å². The van der Waals surface area contributed by atoms with Gasteiger partial charge in [0.2, 0.25) is 0 Å². The fourth-order valence-electron chi connectivity index (χ4n) is 1.69. The lowest BCUT2D eigenvalue weighted by molar-refractivity contribution is -0.104. The number of aliphatic hydroxyl groups excluding tert-OH is 1. The number of aldehydes is 1. The van der Waals surface area contributed by atoms with E-state index in [1.807, 2.05) is 6.92 Å². The van der Waals surface area contributed by atoms with Crippen molar-refractivity contribution in [2.45, 2.75) is 26.9 Å². The molecule has 0 saturated heterocycles. The molecule has 106 valence electrons. The molecule has 1 heterocycles. The second-order valence-corrected chi connectivity index (χ2v) is 4.03. The standard InChI is InChI=1S/C12H15NO2.C3H8O/c1-5-13-8(2)6-11(7-14)9(3)12(13)10(4)15;1-3-4-2/h5-7,10,15H,1-2H2,3-4H3;3H2,1-2H3. The van der Waals surface area contributed by atoms with Crippen LogP contribution in [0.3, 0.4) is 0 Å². The number of methoxy groups -OCH3 is 1.